The summed E-state index contributed by atoms with van der Waals surface area (Å²) in [4.78, 5) is 27.9. The molecule has 1 atom stereocenters. The first-order valence-electron chi connectivity index (χ1n) is 10.7. The molecule has 3 aliphatic rings. The molecule has 0 spiro atoms. The van der Waals surface area contributed by atoms with Crippen LogP contribution in [-0.4, -0.2) is 41.1 Å². The summed E-state index contributed by atoms with van der Waals surface area (Å²) < 4.78 is 1.45. The Balaban J connectivity index is 1.41. The average Bonchev–Trinajstić information content (AvgIpc) is 2.81. The predicted molar refractivity (Wildman–Crippen MR) is 123 cm³/mol. The number of hydrogen-bond acceptors (Lipinski definition) is 3. The van der Waals surface area contributed by atoms with Crippen molar-refractivity contribution in [2.75, 3.05) is 19.6 Å². The summed E-state index contributed by atoms with van der Waals surface area (Å²) in [5.41, 5.74) is 2.81. The number of fused-ring (bicyclic) bond motifs is 3. The number of nitrogens with one attached hydrogen (secondary N) is 1. The van der Waals surface area contributed by atoms with Crippen molar-refractivity contribution in [1.29, 1.82) is 0 Å². The van der Waals surface area contributed by atoms with E-state index >= 15 is 0 Å². The first-order valence-corrected chi connectivity index (χ1v) is 11.1. The van der Waals surface area contributed by atoms with Gasteiger partial charge in [-0.15, -0.1) is 0 Å². The molecule has 1 unspecified atom stereocenters. The lowest BCUT2D eigenvalue weighted by atomic mass is 9.84. The van der Waals surface area contributed by atoms with E-state index in [1.165, 1.54) is 10.6 Å². The molecule has 1 aromatic heterocycles. The third-order valence-corrected chi connectivity index (χ3v) is 6.76. The molecule has 3 fully saturated rings. The summed E-state index contributed by atoms with van der Waals surface area (Å²) >= 11 is 6.55. The van der Waals surface area contributed by atoms with E-state index in [1.54, 1.807) is 12.3 Å². The van der Waals surface area contributed by atoms with Crippen LogP contribution in [0.3, 0.4) is 0 Å². The van der Waals surface area contributed by atoms with Crippen molar-refractivity contribution < 1.29 is 4.79 Å². The Morgan fingerprint density at radius 1 is 0.968 bits per heavy atom. The van der Waals surface area contributed by atoms with E-state index in [9.17, 15) is 9.59 Å². The second-order valence-electron chi connectivity index (χ2n) is 8.38. The number of halogens is 1. The first-order chi connectivity index (χ1) is 15.1. The fourth-order valence-corrected chi connectivity index (χ4v) is 4.97. The van der Waals surface area contributed by atoms with Crippen LogP contribution in [0.4, 0.5) is 0 Å². The number of pyridine rings is 1. The number of benzene rings is 2. The number of amides is 1. The molecule has 6 rings (SSSR count). The van der Waals surface area contributed by atoms with Gasteiger partial charge in [0.1, 0.15) is 0 Å². The number of rotatable bonds is 4. The molecule has 1 N–H and O–H groups in total. The van der Waals surface area contributed by atoms with E-state index in [-0.39, 0.29) is 17.5 Å². The Kier molecular flexibility index (Phi) is 5.38. The molecule has 0 saturated carbocycles. The van der Waals surface area contributed by atoms with Crippen LogP contribution in [0.15, 0.2) is 71.7 Å². The van der Waals surface area contributed by atoms with Crippen LogP contribution in [0.5, 0.6) is 0 Å². The molecule has 3 aliphatic heterocycles. The summed E-state index contributed by atoms with van der Waals surface area (Å²) in [6.45, 7) is 3.15. The number of aromatic nitrogens is 1. The molecule has 3 saturated heterocycles. The number of carbonyl (C=O) groups excluding carboxylic acids is 1. The summed E-state index contributed by atoms with van der Waals surface area (Å²) in [5, 5.41) is 3.64. The Morgan fingerprint density at radius 2 is 1.74 bits per heavy atom. The number of piperidine rings is 3. The number of hydrogen-bond donors (Lipinski definition) is 1. The van der Waals surface area contributed by atoms with Crippen molar-refractivity contribution in [2.24, 2.45) is 5.92 Å². The summed E-state index contributed by atoms with van der Waals surface area (Å²) in [5.74, 6) is 0.393. The summed E-state index contributed by atoms with van der Waals surface area (Å²) in [6.07, 6.45) is 3.85. The van der Waals surface area contributed by atoms with Crippen molar-refractivity contribution in [3.63, 3.8) is 0 Å². The molecular weight excluding hydrogens is 410 g/mol. The van der Waals surface area contributed by atoms with Gasteiger partial charge in [0.15, 0.2) is 0 Å². The maximum Gasteiger partial charge on any atom is 0.255 e. The summed E-state index contributed by atoms with van der Waals surface area (Å²) in [6, 6.07) is 18.7. The van der Waals surface area contributed by atoms with Crippen LogP contribution in [-0.2, 0) is 0 Å². The highest BCUT2D eigenvalue weighted by Gasteiger charge is 2.35. The topological polar surface area (TPSA) is 54.3 Å². The zero-order valence-corrected chi connectivity index (χ0v) is 17.9. The van der Waals surface area contributed by atoms with Gasteiger partial charge in [0.05, 0.1) is 16.3 Å². The van der Waals surface area contributed by atoms with E-state index in [1.807, 2.05) is 48.5 Å². The molecule has 5 nitrogen and oxygen atoms in total. The monoisotopic (exact) mass is 433 g/mol. The van der Waals surface area contributed by atoms with E-state index < -0.39 is 0 Å². The van der Waals surface area contributed by atoms with Crippen LogP contribution >= 0.6 is 11.6 Å². The first kappa shape index (κ1) is 20.0. The van der Waals surface area contributed by atoms with Crippen molar-refractivity contribution in [2.45, 2.75) is 18.9 Å². The predicted octanol–water partition coefficient (Wildman–Crippen LogP) is 3.98. The van der Waals surface area contributed by atoms with Crippen molar-refractivity contribution in [3.8, 4) is 16.8 Å². The third kappa shape index (κ3) is 4.03. The molecule has 0 aliphatic carbocycles. The molecule has 4 heterocycles. The molecule has 0 radical (unpaired) electrons. The molecular formula is C25H24ClN3O2. The van der Waals surface area contributed by atoms with Gasteiger partial charge in [-0.25, -0.2) is 0 Å². The van der Waals surface area contributed by atoms with Gasteiger partial charge >= 0.3 is 0 Å². The quantitative estimate of drug-likeness (QED) is 0.677. The zero-order chi connectivity index (χ0) is 21.4. The normalized spacial score (nSPS) is 22.3. The molecule has 6 heteroatoms. The van der Waals surface area contributed by atoms with Crippen LogP contribution in [0, 0.1) is 5.92 Å². The smallest absolute Gasteiger partial charge is 0.255 e. The van der Waals surface area contributed by atoms with Gasteiger partial charge in [-0.1, -0.05) is 48.0 Å². The Morgan fingerprint density at radius 3 is 2.42 bits per heavy atom. The van der Waals surface area contributed by atoms with Crippen molar-refractivity contribution in [1.82, 2.24) is 14.8 Å². The van der Waals surface area contributed by atoms with Gasteiger partial charge < -0.3 is 10.2 Å². The van der Waals surface area contributed by atoms with E-state index in [2.05, 4.69) is 10.2 Å². The second kappa shape index (κ2) is 8.33. The lowest BCUT2D eigenvalue weighted by Gasteiger charge is -2.44. The van der Waals surface area contributed by atoms with Gasteiger partial charge in [0, 0.05) is 24.8 Å². The minimum atomic E-state index is -0.228. The molecule has 2 bridgehead atoms. The number of carbonyl (C=O) groups is 1. The molecule has 158 valence electrons. The van der Waals surface area contributed by atoms with Gasteiger partial charge in [-0.3, -0.25) is 14.2 Å². The zero-order valence-electron chi connectivity index (χ0n) is 17.1. The van der Waals surface area contributed by atoms with Crippen LogP contribution < -0.4 is 10.9 Å². The molecule has 1 amide bonds. The SMILES string of the molecule is O=C(NC1CN2CCC1CC2)c1ccc(=O)n(-c2ccc(-c3ccccc3)cc2Cl)c1. The second-order valence-corrected chi connectivity index (χ2v) is 8.78. The van der Waals surface area contributed by atoms with Crippen LogP contribution in [0.2, 0.25) is 5.02 Å². The average molecular weight is 434 g/mol. The van der Waals surface area contributed by atoms with Crippen LogP contribution in [0.25, 0.3) is 16.8 Å². The van der Waals surface area contributed by atoms with E-state index in [0.717, 1.165) is 43.6 Å². The summed E-state index contributed by atoms with van der Waals surface area (Å²) in [7, 11) is 0. The fraction of sp³-hybridized carbons (Fsp3) is 0.280. The maximum atomic E-state index is 12.9. The molecule has 3 aromatic rings. The maximum absolute atomic E-state index is 12.9. The Labute approximate surface area is 186 Å². The molecule has 31 heavy (non-hydrogen) atoms. The minimum Gasteiger partial charge on any atom is -0.348 e. The van der Waals surface area contributed by atoms with Gasteiger partial charge in [-0.05, 0) is 61.2 Å². The Bertz CT molecular complexity index is 1170. The highest BCUT2D eigenvalue weighted by Crippen LogP contribution is 2.29. The van der Waals surface area contributed by atoms with Gasteiger partial charge in [0.2, 0.25) is 0 Å². The lowest BCUT2D eigenvalue weighted by Crippen LogP contribution is -2.57. The standard InChI is InChI=1S/C25H24ClN3O2/c26-21-14-19(17-4-2-1-3-5-17)6-8-23(21)29-15-20(7-9-24(29)30)25(31)27-22-16-28-12-10-18(22)11-13-28/h1-9,14-15,18,22H,10-13,16H2,(H,27,31). The van der Waals surface area contributed by atoms with Crippen molar-refractivity contribution in [3.05, 3.63) is 87.8 Å². The highest BCUT2D eigenvalue weighted by atomic mass is 35.5. The van der Waals surface area contributed by atoms with Gasteiger partial charge in [0.25, 0.3) is 11.5 Å². The van der Waals surface area contributed by atoms with E-state index in [0.29, 0.717) is 22.2 Å². The van der Waals surface area contributed by atoms with E-state index in [4.69, 9.17) is 11.6 Å². The highest BCUT2D eigenvalue weighted by molar-refractivity contribution is 6.32. The Hall–Kier alpha value is -2.89. The van der Waals surface area contributed by atoms with Crippen molar-refractivity contribution >= 4 is 17.5 Å². The third-order valence-electron chi connectivity index (χ3n) is 6.46. The minimum absolute atomic E-state index is 0.149. The van der Waals surface area contributed by atoms with Crippen LogP contribution in [0.1, 0.15) is 23.2 Å². The molecule has 2 aromatic carbocycles. The fourth-order valence-electron chi connectivity index (χ4n) is 4.70. The van der Waals surface area contributed by atoms with Gasteiger partial charge in [-0.2, -0.15) is 0 Å². The number of nitrogens with zero attached hydrogens (tertiary/aromatic N) is 2. The lowest BCUT2D eigenvalue weighted by molar-refractivity contribution is 0.0620. The largest absolute Gasteiger partial charge is 0.348 e.